The zero-order valence-electron chi connectivity index (χ0n) is 12.1. The van der Waals surface area contributed by atoms with Crippen molar-refractivity contribution in [3.8, 4) is 0 Å². The molecule has 0 saturated heterocycles. The van der Waals surface area contributed by atoms with E-state index in [1.165, 1.54) is 0 Å². The minimum absolute atomic E-state index is 0.0811. The van der Waals surface area contributed by atoms with E-state index in [1.54, 1.807) is 6.20 Å². The Kier molecular flexibility index (Phi) is 3.94. The smallest absolute Gasteiger partial charge is 0.0958 e. The Balaban J connectivity index is 1.96. The van der Waals surface area contributed by atoms with Crippen LogP contribution < -0.4 is 5.32 Å². The third kappa shape index (κ3) is 2.54. The summed E-state index contributed by atoms with van der Waals surface area (Å²) in [4.78, 5) is 4.43. The average Bonchev–Trinajstić information content (AvgIpc) is 3.08. The lowest BCUT2D eigenvalue weighted by molar-refractivity contribution is 0.462. The first-order chi connectivity index (χ1) is 10.2. The van der Waals surface area contributed by atoms with Crippen LogP contribution in [0.3, 0.4) is 0 Å². The highest BCUT2D eigenvalue weighted by molar-refractivity contribution is 6.31. The third-order valence-corrected chi connectivity index (χ3v) is 4.01. The number of aryl methyl sites for hydroxylation is 1. The van der Waals surface area contributed by atoms with E-state index in [0.29, 0.717) is 5.02 Å². The van der Waals surface area contributed by atoms with Crippen molar-refractivity contribution >= 4 is 22.6 Å². The molecule has 3 rings (SSSR count). The molecule has 0 aliphatic rings. The lowest BCUT2D eigenvalue weighted by Crippen LogP contribution is -2.25. The molecule has 110 valence electrons. The maximum Gasteiger partial charge on any atom is 0.0958 e. The van der Waals surface area contributed by atoms with Crippen molar-refractivity contribution in [1.29, 1.82) is 0 Å². The zero-order valence-corrected chi connectivity index (χ0v) is 12.9. The van der Waals surface area contributed by atoms with Gasteiger partial charge in [0.25, 0.3) is 0 Å². The maximum absolute atomic E-state index is 6.31. The number of para-hydroxylation sites is 2. The second-order valence-electron chi connectivity index (χ2n) is 4.92. The molecule has 0 spiro atoms. The number of fused-ring (bicyclic) bond motifs is 1. The second kappa shape index (κ2) is 5.87. The average molecular weight is 304 g/mol. The predicted octanol–water partition coefficient (Wildman–Crippen LogP) is 2.87. The van der Waals surface area contributed by atoms with Crippen LogP contribution in [-0.2, 0) is 13.1 Å². The van der Waals surface area contributed by atoms with Gasteiger partial charge in [0, 0.05) is 13.1 Å². The highest BCUT2D eigenvalue weighted by atomic mass is 35.5. The summed E-state index contributed by atoms with van der Waals surface area (Å²) in [6, 6.07) is 8.20. The van der Waals surface area contributed by atoms with Crippen LogP contribution in [0.25, 0.3) is 11.0 Å². The number of nitrogens with zero attached hydrogens (tertiary/aromatic N) is 4. The zero-order chi connectivity index (χ0) is 14.8. The van der Waals surface area contributed by atoms with Gasteiger partial charge in [-0.3, -0.25) is 4.68 Å². The van der Waals surface area contributed by atoms with Gasteiger partial charge in [-0.15, -0.1) is 0 Å². The van der Waals surface area contributed by atoms with Gasteiger partial charge in [0.05, 0.1) is 40.3 Å². The summed E-state index contributed by atoms with van der Waals surface area (Å²) < 4.78 is 4.07. The van der Waals surface area contributed by atoms with E-state index < -0.39 is 0 Å². The van der Waals surface area contributed by atoms with E-state index in [1.807, 2.05) is 36.3 Å². The van der Waals surface area contributed by atoms with Gasteiger partial charge in [0.15, 0.2) is 0 Å². The fourth-order valence-corrected chi connectivity index (χ4v) is 2.91. The van der Waals surface area contributed by atoms with Crippen LogP contribution in [0.15, 0.2) is 36.8 Å². The Bertz CT molecular complexity index is 745. The van der Waals surface area contributed by atoms with Gasteiger partial charge in [-0.05, 0) is 26.1 Å². The van der Waals surface area contributed by atoms with Crippen LogP contribution in [0, 0.1) is 0 Å². The van der Waals surface area contributed by atoms with Crippen LogP contribution >= 0.6 is 11.6 Å². The van der Waals surface area contributed by atoms with E-state index >= 15 is 0 Å². The molecule has 0 bridgehead atoms. The predicted molar refractivity (Wildman–Crippen MR) is 84.4 cm³/mol. The summed E-state index contributed by atoms with van der Waals surface area (Å²) in [6.07, 6.45) is 3.58. The molecule has 5 nitrogen and oxygen atoms in total. The Labute approximate surface area is 128 Å². The van der Waals surface area contributed by atoms with Crippen LogP contribution in [0.1, 0.15) is 18.7 Å². The Morgan fingerprint density at radius 1 is 1.33 bits per heavy atom. The number of rotatable bonds is 5. The van der Waals surface area contributed by atoms with E-state index in [9.17, 15) is 0 Å². The molecular weight excluding hydrogens is 286 g/mol. The van der Waals surface area contributed by atoms with Gasteiger partial charge in [-0.25, -0.2) is 4.98 Å². The number of nitrogens with one attached hydrogen (secondary N) is 1. The first-order valence-corrected chi connectivity index (χ1v) is 7.40. The molecule has 1 aromatic carbocycles. The molecule has 2 aromatic heterocycles. The molecule has 2 heterocycles. The van der Waals surface area contributed by atoms with Crippen molar-refractivity contribution in [3.05, 3.63) is 47.5 Å². The first kappa shape index (κ1) is 14.1. The minimum Gasteiger partial charge on any atom is -0.329 e. The van der Waals surface area contributed by atoms with Crippen molar-refractivity contribution in [1.82, 2.24) is 24.6 Å². The number of halogens is 1. The number of hydrogen-bond acceptors (Lipinski definition) is 3. The minimum atomic E-state index is 0.0811. The molecule has 1 atom stereocenters. The lowest BCUT2D eigenvalue weighted by Gasteiger charge is -2.19. The lowest BCUT2D eigenvalue weighted by atomic mass is 10.2. The van der Waals surface area contributed by atoms with Crippen molar-refractivity contribution in [2.24, 2.45) is 0 Å². The molecule has 0 amide bonds. The number of hydrogen-bond donors (Lipinski definition) is 1. The summed E-state index contributed by atoms with van der Waals surface area (Å²) in [5.74, 6) is 0. The fraction of sp³-hybridized carbons (Fsp3) is 0.333. The van der Waals surface area contributed by atoms with Crippen LogP contribution in [0.4, 0.5) is 0 Å². The molecule has 0 fully saturated rings. The first-order valence-electron chi connectivity index (χ1n) is 7.03. The number of benzene rings is 1. The van der Waals surface area contributed by atoms with Crippen molar-refractivity contribution in [2.75, 3.05) is 7.05 Å². The van der Waals surface area contributed by atoms with Crippen LogP contribution in [-0.4, -0.2) is 26.4 Å². The number of aromatic nitrogens is 4. The molecule has 0 radical (unpaired) electrons. The van der Waals surface area contributed by atoms with Gasteiger partial charge in [0.1, 0.15) is 0 Å². The highest BCUT2D eigenvalue weighted by Crippen LogP contribution is 2.25. The summed E-state index contributed by atoms with van der Waals surface area (Å²) in [7, 11) is 1.94. The van der Waals surface area contributed by atoms with Crippen LogP contribution in [0.5, 0.6) is 0 Å². The monoisotopic (exact) mass is 303 g/mol. The van der Waals surface area contributed by atoms with E-state index in [0.717, 1.165) is 29.8 Å². The summed E-state index contributed by atoms with van der Waals surface area (Å²) in [6.45, 7) is 3.61. The van der Waals surface area contributed by atoms with Crippen molar-refractivity contribution < 1.29 is 0 Å². The normalized spacial score (nSPS) is 12.9. The van der Waals surface area contributed by atoms with Crippen molar-refractivity contribution in [3.63, 3.8) is 0 Å². The third-order valence-electron chi connectivity index (χ3n) is 3.72. The number of imidazole rings is 1. The molecule has 3 aromatic rings. The fourth-order valence-electron chi connectivity index (χ4n) is 2.64. The number of likely N-dealkylation sites (N-methyl/N-ethyl adjacent to an activating group) is 1. The second-order valence-corrected chi connectivity index (χ2v) is 5.33. The van der Waals surface area contributed by atoms with Crippen molar-refractivity contribution in [2.45, 2.75) is 26.1 Å². The molecular formula is C15H18ClN5. The van der Waals surface area contributed by atoms with E-state index in [2.05, 4.69) is 33.0 Å². The molecule has 1 N–H and O–H groups in total. The molecule has 0 aliphatic carbocycles. The molecule has 0 aliphatic heterocycles. The largest absolute Gasteiger partial charge is 0.329 e. The highest BCUT2D eigenvalue weighted by Gasteiger charge is 2.19. The van der Waals surface area contributed by atoms with Gasteiger partial charge < -0.3 is 9.88 Å². The molecule has 21 heavy (non-hydrogen) atoms. The molecule has 1 unspecified atom stereocenters. The molecule has 6 heteroatoms. The van der Waals surface area contributed by atoms with Gasteiger partial charge in [-0.1, -0.05) is 23.7 Å². The SMILES string of the molecule is CCn1ncc(Cl)c1C(Cn1cnc2ccccc21)NC. The Morgan fingerprint density at radius 2 is 2.14 bits per heavy atom. The van der Waals surface area contributed by atoms with E-state index in [4.69, 9.17) is 11.6 Å². The Hall–Kier alpha value is -1.85. The standard InChI is InChI=1S/C15H18ClN5/c1-3-21-15(11(16)8-19-21)13(17-2)9-20-10-18-12-6-4-5-7-14(12)20/h4-8,10,13,17H,3,9H2,1-2H3. The summed E-state index contributed by atoms with van der Waals surface area (Å²) in [5, 5.41) is 8.34. The van der Waals surface area contributed by atoms with Gasteiger partial charge in [-0.2, -0.15) is 5.10 Å². The maximum atomic E-state index is 6.31. The van der Waals surface area contributed by atoms with Gasteiger partial charge >= 0.3 is 0 Å². The molecule has 0 saturated carbocycles. The topological polar surface area (TPSA) is 47.7 Å². The summed E-state index contributed by atoms with van der Waals surface area (Å²) in [5.41, 5.74) is 3.14. The van der Waals surface area contributed by atoms with Crippen LogP contribution in [0.2, 0.25) is 5.02 Å². The quantitative estimate of drug-likeness (QED) is 0.788. The van der Waals surface area contributed by atoms with Gasteiger partial charge in [0.2, 0.25) is 0 Å². The Morgan fingerprint density at radius 3 is 2.90 bits per heavy atom. The summed E-state index contributed by atoms with van der Waals surface area (Å²) >= 11 is 6.31. The van der Waals surface area contributed by atoms with E-state index in [-0.39, 0.29) is 6.04 Å².